The number of aryl methyl sites for hydroxylation is 2. The van der Waals surface area contributed by atoms with Gasteiger partial charge in [-0.05, 0) is 42.5 Å². The summed E-state index contributed by atoms with van der Waals surface area (Å²) in [6.45, 7) is 2.85. The molecule has 0 aliphatic carbocycles. The van der Waals surface area contributed by atoms with E-state index < -0.39 is 5.82 Å². The van der Waals surface area contributed by atoms with Crippen molar-refractivity contribution in [1.82, 2.24) is 15.0 Å². The standard InChI is InChI=1S/C27H23FN4S/c1-18-8-5-6-12-20(18)22-17-33-25-24(22)31-26(21-13-15-29-16-23(21)28)32-27(25)30-14-7-11-19-9-3-2-4-10-19/h2-6,8-10,12-13,15-17H,7,11,14H2,1H3,(H,30,31,32). The average molecular weight is 455 g/mol. The van der Waals surface area contributed by atoms with E-state index in [1.807, 2.05) is 18.2 Å². The number of fused-ring (bicyclic) bond motifs is 1. The molecule has 0 aliphatic rings. The lowest BCUT2D eigenvalue weighted by molar-refractivity contribution is 0.623. The molecule has 0 saturated heterocycles. The summed E-state index contributed by atoms with van der Waals surface area (Å²) in [4.78, 5) is 13.4. The molecule has 0 saturated carbocycles. The van der Waals surface area contributed by atoms with Crippen LogP contribution < -0.4 is 5.32 Å². The van der Waals surface area contributed by atoms with Gasteiger partial charge in [-0.2, -0.15) is 0 Å². The number of nitrogens with zero attached hydrogens (tertiary/aromatic N) is 3. The highest BCUT2D eigenvalue weighted by molar-refractivity contribution is 7.18. The Hall–Kier alpha value is -3.64. The van der Waals surface area contributed by atoms with Crippen molar-refractivity contribution in [2.45, 2.75) is 19.8 Å². The molecule has 0 unspecified atom stereocenters. The Labute approximate surface area is 196 Å². The van der Waals surface area contributed by atoms with E-state index in [4.69, 9.17) is 9.97 Å². The largest absolute Gasteiger partial charge is 0.369 e. The maximum absolute atomic E-state index is 14.6. The Morgan fingerprint density at radius 3 is 2.55 bits per heavy atom. The molecular weight excluding hydrogens is 431 g/mol. The number of halogens is 1. The fourth-order valence-corrected chi connectivity index (χ4v) is 4.90. The monoisotopic (exact) mass is 454 g/mol. The van der Waals surface area contributed by atoms with Crippen molar-refractivity contribution in [3.05, 3.63) is 95.4 Å². The summed E-state index contributed by atoms with van der Waals surface area (Å²) >= 11 is 1.61. The minimum absolute atomic E-state index is 0.348. The third-order valence-corrected chi connectivity index (χ3v) is 6.62. The zero-order valence-corrected chi connectivity index (χ0v) is 19.1. The fourth-order valence-electron chi connectivity index (χ4n) is 3.93. The van der Waals surface area contributed by atoms with Crippen molar-refractivity contribution in [3.63, 3.8) is 0 Å². The summed E-state index contributed by atoms with van der Waals surface area (Å²) < 4.78 is 15.5. The van der Waals surface area contributed by atoms with Gasteiger partial charge in [0.1, 0.15) is 5.82 Å². The van der Waals surface area contributed by atoms with Crippen LogP contribution in [-0.2, 0) is 6.42 Å². The molecule has 0 aliphatic heterocycles. The lowest BCUT2D eigenvalue weighted by Gasteiger charge is -2.11. The molecule has 6 heteroatoms. The van der Waals surface area contributed by atoms with Crippen LogP contribution in [0.25, 0.3) is 32.7 Å². The highest BCUT2D eigenvalue weighted by Gasteiger charge is 2.18. The maximum atomic E-state index is 14.6. The predicted octanol–water partition coefficient (Wildman–Crippen LogP) is 6.91. The number of rotatable bonds is 7. The Morgan fingerprint density at radius 1 is 0.909 bits per heavy atom. The Balaban J connectivity index is 1.53. The zero-order valence-electron chi connectivity index (χ0n) is 18.3. The van der Waals surface area contributed by atoms with Crippen molar-refractivity contribution in [3.8, 4) is 22.5 Å². The normalized spacial score (nSPS) is 11.1. The van der Waals surface area contributed by atoms with Gasteiger partial charge in [-0.3, -0.25) is 4.98 Å². The quantitative estimate of drug-likeness (QED) is 0.271. The van der Waals surface area contributed by atoms with Crippen LogP contribution in [0.1, 0.15) is 17.5 Å². The van der Waals surface area contributed by atoms with Crippen LogP contribution in [0, 0.1) is 12.7 Å². The van der Waals surface area contributed by atoms with Crippen LogP contribution in [0.4, 0.5) is 10.2 Å². The summed E-state index contributed by atoms with van der Waals surface area (Å²) in [6.07, 6.45) is 4.71. The van der Waals surface area contributed by atoms with Gasteiger partial charge in [0, 0.05) is 23.7 Å². The lowest BCUT2D eigenvalue weighted by atomic mass is 10.0. The fraction of sp³-hybridized carbons (Fsp3) is 0.148. The van der Waals surface area contributed by atoms with E-state index in [1.54, 1.807) is 23.6 Å². The molecule has 0 bridgehead atoms. The molecular formula is C27H23FN4S. The van der Waals surface area contributed by atoms with Gasteiger partial charge in [0.25, 0.3) is 0 Å². The molecule has 0 fully saturated rings. The van der Waals surface area contributed by atoms with Gasteiger partial charge >= 0.3 is 0 Å². The Kier molecular flexibility index (Phi) is 6.09. The number of pyridine rings is 1. The molecule has 3 heterocycles. The zero-order chi connectivity index (χ0) is 22.6. The minimum atomic E-state index is -0.431. The van der Waals surface area contributed by atoms with Crippen LogP contribution in [0.15, 0.2) is 78.4 Å². The SMILES string of the molecule is Cc1ccccc1-c1csc2c(NCCCc3ccccc3)nc(-c3ccncc3F)nc12. The summed E-state index contributed by atoms with van der Waals surface area (Å²) in [5, 5.41) is 5.60. The van der Waals surface area contributed by atoms with Crippen LogP contribution in [-0.4, -0.2) is 21.5 Å². The van der Waals surface area contributed by atoms with Crippen LogP contribution in [0.2, 0.25) is 0 Å². The molecule has 3 aromatic heterocycles. The minimum Gasteiger partial charge on any atom is -0.369 e. The first kappa shape index (κ1) is 21.2. The van der Waals surface area contributed by atoms with Gasteiger partial charge in [-0.25, -0.2) is 14.4 Å². The van der Waals surface area contributed by atoms with Crippen molar-refractivity contribution in [1.29, 1.82) is 0 Å². The van der Waals surface area contributed by atoms with Gasteiger partial charge in [-0.1, -0.05) is 54.6 Å². The first-order valence-electron chi connectivity index (χ1n) is 10.9. The molecule has 5 aromatic rings. The second-order valence-corrected chi connectivity index (χ2v) is 8.79. The summed E-state index contributed by atoms with van der Waals surface area (Å²) in [7, 11) is 0. The van der Waals surface area contributed by atoms with Crippen LogP contribution in [0.5, 0.6) is 0 Å². The number of benzene rings is 2. The molecule has 164 valence electrons. The molecule has 2 aromatic carbocycles. The highest BCUT2D eigenvalue weighted by Crippen LogP contribution is 2.38. The molecule has 0 spiro atoms. The molecule has 5 rings (SSSR count). The van der Waals surface area contributed by atoms with Gasteiger partial charge in [0.15, 0.2) is 11.6 Å². The molecule has 0 atom stereocenters. The molecule has 0 amide bonds. The maximum Gasteiger partial charge on any atom is 0.165 e. The summed E-state index contributed by atoms with van der Waals surface area (Å²) in [5.41, 5.74) is 5.83. The third-order valence-electron chi connectivity index (χ3n) is 5.64. The lowest BCUT2D eigenvalue weighted by Crippen LogP contribution is -2.06. The summed E-state index contributed by atoms with van der Waals surface area (Å²) in [5.74, 6) is 0.671. The first-order chi connectivity index (χ1) is 16.2. The highest BCUT2D eigenvalue weighted by atomic mass is 32.1. The van der Waals surface area contributed by atoms with Crippen LogP contribution >= 0.6 is 11.3 Å². The topological polar surface area (TPSA) is 50.7 Å². The number of thiophene rings is 1. The van der Waals surface area contributed by atoms with E-state index >= 15 is 0 Å². The number of hydrogen-bond acceptors (Lipinski definition) is 5. The molecule has 0 radical (unpaired) electrons. The second-order valence-electron chi connectivity index (χ2n) is 7.91. The number of hydrogen-bond donors (Lipinski definition) is 1. The molecule has 1 N–H and O–H groups in total. The van der Waals surface area contributed by atoms with E-state index in [1.165, 1.54) is 17.3 Å². The predicted molar refractivity (Wildman–Crippen MR) is 134 cm³/mol. The van der Waals surface area contributed by atoms with E-state index in [2.05, 4.69) is 59.0 Å². The number of nitrogens with one attached hydrogen (secondary N) is 1. The van der Waals surface area contributed by atoms with E-state index in [-0.39, 0.29) is 0 Å². The van der Waals surface area contributed by atoms with Gasteiger partial charge < -0.3 is 5.32 Å². The second kappa shape index (κ2) is 9.46. The Bertz CT molecular complexity index is 1400. The summed E-state index contributed by atoms with van der Waals surface area (Å²) in [6, 6.07) is 20.3. The third kappa shape index (κ3) is 4.47. The smallest absolute Gasteiger partial charge is 0.165 e. The van der Waals surface area contributed by atoms with Gasteiger partial charge in [0.2, 0.25) is 0 Å². The average Bonchev–Trinajstić information content (AvgIpc) is 3.27. The molecule has 4 nitrogen and oxygen atoms in total. The number of aromatic nitrogens is 3. The van der Waals surface area contributed by atoms with Crippen molar-refractivity contribution >= 4 is 27.4 Å². The van der Waals surface area contributed by atoms with E-state index in [0.717, 1.165) is 46.5 Å². The Morgan fingerprint density at radius 2 is 1.73 bits per heavy atom. The van der Waals surface area contributed by atoms with Gasteiger partial charge in [-0.15, -0.1) is 11.3 Å². The van der Waals surface area contributed by atoms with Crippen molar-refractivity contribution in [2.75, 3.05) is 11.9 Å². The first-order valence-corrected chi connectivity index (χ1v) is 11.8. The number of anilines is 1. The van der Waals surface area contributed by atoms with E-state index in [0.29, 0.717) is 11.4 Å². The van der Waals surface area contributed by atoms with E-state index in [9.17, 15) is 4.39 Å². The van der Waals surface area contributed by atoms with Crippen molar-refractivity contribution in [2.24, 2.45) is 0 Å². The molecule has 33 heavy (non-hydrogen) atoms. The van der Waals surface area contributed by atoms with Crippen LogP contribution in [0.3, 0.4) is 0 Å². The van der Waals surface area contributed by atoms with Gasteiger partial charge in [0.05, 0.1) is 22.0 Å². The van der Waals surface area contributed by atoms with Crippen molar-refractivity contribution < 1.29 is 4.39 Å².